The number of pyridine rings is 2. The largest absolute Gasteiger partial charge is 0.478 e. The van der Waals surface area contributed by atoms with Crippen molar-refractivity contribution in [2.75, 3.05) is 11.9 Å². The maximum atomic E-state index is 12.1. The van der Waals surface area contributed by atoms with Crippen LogP contribution in [0.3, 0.4) is 0 Å². The van der Waals surface area contributed by atoms with Crippen LogP contribution in [0.2, 0.25) is 0 Å². The Morgan fingerprint density at radius 2 is 2.04 bits per heavy atom. The smallest absolute Gasteiger partial charge is 0.263 e. The van der Waals surface area contributed by atoms with E-state index in [2.05, 4.69) is 24.1 Å². The van der Waals surface area contributed by atoms with E-state index < -0.39 is 0 Å². The van der Waals surface area contributed by atoms with Gasteiger partial charge in [-0.1, -0.05) is 19.9 Å². The van der Waals surface area contributed by atoms with Crippen LogP contribution < -0.4 is 15.5 Å². The molecule has 2 aromatic heterocycles. The van der Waals surface area contributed by atoms with Crippen LogP contribution >= 0.6 is 0 Å². The highest BCUT2D eigenvalue weighted by molar-refractivity contribution is 5.90. The van der Waals surface area contributed by atoms with Crippen molar-refractivity contribution in [3.8, 4) is 5.75 Å². The lowest BCUT2D eigenvalue weighted by Crippen LogP contribution is -2.24. The number of nitrogens with zero attached hydrogens (tertiary/aromatic N) is 2. The predicted octanol–water partition coefficient (Wildman–Crippen LogP) is 2.92. The Hall–Kier alpha value is -2.63. The number of aryl methyl sites for hydroxylation is 2. The van der Waals surface area contributed by atoms with E-state index in [-0.39, 0.29) is 23.7 Å². The van der Waals surface area contributed by atoms with Crippen molar-refractivity contribution >= 4 is 11.7 Å². The van der Waals surface area contributed by atoms with Crippen LogP contribution in [0.4, 0.5) is 5.82 Å². The quantitative estimate of drug-likeness (QED) is 0.839. The zero-order valence-electron chi connectivity index (χ0n) is 15.2. The molecule has 0 saturated carbocycles. The molecule has 1 N–H and O–H groups in total. The number of rotatable bonds is 7. The Balaban J connectivity index is 2.03. The first kappa shape index (κ1) is 18.7. The molecule has 0 fully saturated rings. The molecule has 0 aromatic carbocycles. The van der Waals surface area contributed by atoms with Gasteiger partial charge >= 0.3 is 0 Å². The number of carbonyl (C=O) groups excluding carboxylic acids is 1. The van der Waals surface area contributed by atoms with Crippen molar-refractivity contribution in [3.63, 3.8) is 0 Å². The van der Waals surface area contributed by atoms with Crippen molar-refractivity contribution in [1.29, 1.82) is 0 Å². The molecule has 134 valence electrons. The van der Waals surface area contributed by atoms with Crippen LogP contribution in [0.15, 0.2) is 35.3 Å². The van der Waals surface area contributed by atoms with Gasteiger partial charge in [0.1, 0.15) is 5.82 Å². The van der Waals surface area contributed by atoms with E-state index in [1.54, 1.807) is 12.3 Å². The van der Waals surface area contributed by atoms with Gasteiger partial charge in [0.25, 0.3) is 5.91 Å². The molecule has 0 atom stereocenters. The number of aromatic nitrogens is 2. The molecule has 2 heterocycles. The summed E-state index contributed by atoms with van der Waals surface area (Å²) in [5.41, 5.74) is 1.32. The lowest BCUT2D eigenvalue weighted by Gasteiger charge is -2.15. The molecule has 0 aliphatic heterocycles. The molecule has 6 nitrogen and oxygen atoms in total. The van der Waals surface area contributed by atoms with E-state index in [1.165, 1.54) is 6.07 Å². The molecular weight excluding hydrogens is 318 g/mol. The SMILES string of the molecule is Cc1cccc(NC(=O)COc2c(C)n(CCC(C)C)ccc2=O)n1. The van der Waals surface area contributed by atoms with E-state index in [1.807, 2.05) is 30.5 Å². The lowest BCUT2D eigenvalue weighted by molar-refractivity contribution is -0.118. The fourth-order valence-electron chi connectivity index (χ4n) is 2.40. The normalized spacial score (nSPS) is 10.8. The number of ether oxygens (including phenoxy) is 1. The molecule has 0 unspecified atom stereocenters. The van der Waals surface area contributed by atoms with E-state index in [0.29, 0.717) is 11.7 Å². The monoisotopic (exact) mass is 343 g/mol. The average molecular weight is 343 g/mol. The summed E-state index contributed by atoms with van der Waals surface area (Å²) >= 11 is 0. The molecule has 0 bridgehead atoms. The minimum atomic E-state index is -0.352. The number of hydrogen-bond acceptors (Lipinski definition) is 4. The third-order valence-electron chi connectivity index (χ3n) is 3.84. The second-order valence-electron chi connectivity index (χ2n) is 6.47. The minimum absolute atomic E-state index is 0.221. The van der Waals surface area contributed by atoms with Crippen molar-refractivity contribution in [3.05, 3.63) is 52.1 Å². The van der Waals surface area contributed by atoms with Gasteiger partial charge in [-0.3, -0.25) is 9.59 Å². The van der Waals surface area contributed by atoms with Gasteiger partial charge in [-0.15, -0.1) is 0 Å². The molecule has 0 aliphatic carbocycles. The van der Waals surface area contributed by atoms with E-state index in [4.69, 9.17) is 4.74 Å². The van der Waals surface area contributed by atoms with Gasteiger partial charge in [-0.2, -0.15) is 0 Å². The van der Waals surface area contributed by atoms with Crippen molar-refractivity contribution < 1.29 is 9.53 Å². The lowest BCUT2D eigenvalue weighted by atomic mass is 10.1. The highest BCUT2D eigenvalue weighted by Crippen LogP contribution is 2.14. The van der Waals surface area contributed by atoms with Crippen molar-refractivity contribution in [2.24, 2.45) is 5.92 Å². The van der Waals surface area contributed by atoms with Crippen LogP contribution in [0, 0.1) is 19.8 Å². The Kier molecular flexibility index (Phi) is 6.33. The molecule has 0 spiro atoms. The highest BCUT2D eigenvalue weighted by Gasteiger charge is 2.12. The third-order valence-corrected chi connectivity index (χ3v) is 3.84. The van der Waals surface area contributed by atoms with Crippen LogP contribution in [0.1, 0.15) is 31.7 Å². The maximum Gasteiger partial charge on any atom is 0.263 e. The Morgan fingerprint density at radius 1 is 1.28 bits per heavy atom. The summed E-state index contributed by atoms with van der Waals surface area (Å²) < 4.78 is 7.49. The molecule has 2 rings (SSSR count). The second kappa shape index (κ2) is 8.46. The zero-order valence-corrected chi connectivity index (χ0v) is 15.2. The molecule has 2 aromatic rings. The molecule has 0 aliphatic rings. The summed E-state index contributed by atoms with van der Waals surface area (Å²) in [7, 11) is 0. The molecule has 6 heteroatoms. The fraction of sp³-hybridized carbons (Fsp3) is 0.421. The molecular formula is C19H25N3O3. The third kappa shape index (κ3) is 5.45. The highest BCUT2D eigenvalue weighted by atomic mass is 16.5. The topological polar surface area (TPSA) is 73.2 Å². The Bertz CT molecular complexity index is 797. The average Bonchev–Trinajstić information content (AvgIpc) is 2.53. The predicted molar refractivity (Wildman–Crippen MR) is 98.0 cm³/mol. The van der Waals surface area contributed by atoms with Gasteiger partial charge in [-0.05, 0) is 38.3 Å². The van der Waals surface area contributed by atoms with Crippen molar-refractivity contribution in [1.82, 2.24) is 9.55 Å². The van der Waals surface area contributed by atoms with Crippen LogP contribution in [0.25, 0.3) is 0 Å². The first-order valence-corrected chi connectivity index (χ1v) is 8.43. The molecule has 25 heavy (non-hydrogen) atoms. The first-order valence-electron chi connectivity index (χ1n) is 8.43. The van der Waals surface area contributed by atoms with Crippen LogP contribution in [-0.2, 0) is 11.3 Å². The Morgan fingerprint density at radius 3 is 2.72 bits per heavy atom. The summed E-state index contributed by atoms with van der Waals surface area (Å²) in [5, 5.41) is 2.66. The van der Waals surface area contributed by atoms with Gasteiger partial charge in [0.2, 0.25) is 5.43 Å². The number of anilines is 1. The van der Waals surface area contributed by atoms with E-state index in [0.717, 1.165) is 24.4 Å². The number of amides is 1. The van der Waals surface area contributed by atoms with Gasteiger partial charge in [-0.25, -0.2) is 4.98 Å². The van der Waals surface area contributed by atoms with Gasteiger partial charge in [0.15, 0.2) is 12.4 Å². The number of carbonyl (C=O) groups is 1. The van der Waals surface area contributed by atoms with Gasteiger partial charge in [0, 0.05) is 24.5 Å². The summed E-state index contributed by atoms with van der Waals surface area (Å²) in [6.07, 6.45) is 2.77. The maximum absolute atomic E-state index is 12.1. The summed E-state index contributed by atoms with van der Waals surface area (Å²) in [4.78, 5) is 28.3. The van der Waals surface area contributed by atoms with Crippen LogP contribution in [0.5, 0.6) is 5.75 Å². The van der Waals surface area contributed by atoms with Gasteiger partial charge < -0.3 is 14.6 Å². The number of hydrogen-bond donors (Lipinski definition) is 1. The molecule has 1 amide bonds. The summed E-state index contributed by atoms with van der Waals surface area (Å²) in [6, 6.07) is 6.84. The first-order chi connectivity index (χ1) is 11.9. The second-order valence-corrected chi connectivity index (χ2v) is 6.47. The van der Waals surface area contributed by atoms with Gasteiger partial charge in [0.05, 0.1) is 5.69 Å². The summed E-state index contributed by atoms with van der Waals surface area (Å²) in [6.45, 7) is 8.55. The zero-order chi connectivity index (χ0) is 18.4. The van der Waals surface area contributed by atoms with Crippen molar-refractivity contribution in [2.45, 2.75) is 40.7 Å². The summed E-state index contributed by atoms with van der Waals surface area (Å²) in [5.74, 6) is 0.900. The standard InChI is InChI=1S/C19H25N3O3/c1-13(2)8-10-22-11-9-16(23)19(15(22)4)25-12-18(24)21-17-7-5-6-14(3)20-17/h5-7,9,11,13H,8,10,12H2,1-4H3,(H,20,21,24). The van der Waals surface area contributed by atoms with Crippen LogP contribution in [-0.4, -0.2) is 22.1 Å². The number of nitrogens with one attached hydrogen (secondary N) is 1. The van der Waals surface area contributed by atoms with E-state index >= 15 is 0 Å². The minimum Gasteiger partial charge on any atom is -0.478 e. The molecule has 0 saturated heterocycles. The Labute approximate surface area is 147 Å². The molecule has 0 radical (unpaired) electrons. The van der Waals surface area contributed by atoms with E-state index in [9.17, 15) is 9.59 Å². The fourth-order valence-corrected chi connectivity index (χ4v) is 2.40.